The summed E-state index contributed by atoms with van der Waals surface area (Å²) in [6.45, 7) is 2.27. The molecule has 0 aromatic carbocycles. The Kier molecular flexibility index (Phi) is 7.63. The average molecular weight is 223 g/mol. The van der Waals surface area contributed by atoms with Gasteiger partial charge in [-0.25, -0.2) is 0 Å². The van der Waals surface area contributed by atoms with Crippen molar-refractivity contribution >= 4 is 11.3 Å². The van der Waals surface area contributed by atoms with E-state index in [1.165, 1.54) is 56.2 Å². The highest BCUT2D eigenvalue weighted by Gasteiger charge is 1.94. The average Bonchev–Trinajstić information content (AvgIpc) is 2.75. The van der Waals surface area contributed by atoms with Crippen molar-refractivity contribution in [3.05, 3.63) is 28.8 Å². The Morgan fingerprint density at radius 2 is 1.80 bits per heavy atom. The van der Waals surface area contributed by atoms with Gasteiger partial charge in [0.15, 0.2) is 0 Å². The van der Waals surface area contributed by atoms with Gasteiger partial charge in [-0.3, -0.25) is 0 Å². The second-order valence-corrected chi connectivity index (χ2v) is 5.11. The fourth-order valence-corrected chi connectivity index (χ4v) is 2.44. The Bertz CT molecular complexity index is 213. The number of thiophene rings is 1. The lowest BCUT2D eigenvalue weighted by molar-refractivity contribution is 0.589. The predicted molar refractivity (Wildman–Crippen MR) is 70.3 cm³/mol. The zero-order valence-corrected chi connectivity index (χ0v) is 10.7. The molecule has 1 aromatic rings. The Hall–Kier alpha value is -0.300. The highest BCUT2D eigenvalue weighted by Crippen LogP contribution is 2.16. The van der Waals surface area contributed by atoms with Crippen LogP contribution in [0.25, 0.3) is 0 Å². The van der Waals surface area contributed by atoms with Crippen LogP contribution in [0.2, 0.25) is 0 Å². The number of unbranched alkanes of at least 4 members (excludes halogenated alkanes) is 7. The number of rotatable bonds is 9. The van der Waals surface area contributed by atoms with Crippen molar-refractivity contribution in [3.8, 4) is 0 Å². The molecule has 0 amide bonds. The fraction of sp³-hybridized carbons (Fsp3) is 0.643. The quantitative estimate of drug-likeness (QED) is 0.489. The predicted octanol–water partition coefficient (Wildman–Crippen LogP) is 5.44. The van der Waals surface area contributed by atoms with Crippen molar-refractivity contribution < 1.29 is 0 Å². The van der Waals surface area contributed by atoms with Gasteiger partial charge in [0.2, 0.25) is 0 Å². The Morgan fingerprint density at radius 3 is 2.47 bits per heavy atom. The molecule has 0 nitrogen and oxygen atoms in total. The van der Waals surface area contributed by atoms with Gasteiger partial charge in [-0.15, -0.1) is 11.3 Å². The first-order chi connectivity index (χ1) is 7.43. The lowest BCUT2D eigenvalue weighted by Crippen LogP contribution is -1.81. The summed E-state index contributed by atoms with van der Waals surface area (Å²) >= 11 is 1.84. The molecule has 0 spiro atoms. The summed E-state index contributed by atoms with van der Waals surface area (Å²) in [5.74, 6) is 0. The summed E-state index contributed by atoms with van der Waals surface area (Å²) < 4.78 is 0. The molecular formula is C14H23S. The van der Waals surface area contributed by atoms with Gasteiger partial charge in [0, 0.05) is 11.3 Å². The molecule has 0 aliphatic rings. The maximum Gasteiger partial charge on any atom is 0.00825 e. The normalized spacial score (nSPS) is 10.7. The van der Waals surface area contributed by atoms with Gasteiger partial charge < -0.3 is 0 Å². The van der Waals surface area contributed by atoms with Gasteiger partial charge in [-0.05, 0) is 17.9 Å². The van der Waals surface area contributed by atoms with E-state index in [0.717, 1.165) is 0 Å². The van der Waals surface area contributed by atoms with E-state index in [4.69, 9.17) is 0 Å². The molecule has 85 valence electrons. The third-order valence-electron chi connectivity index (χ3n) is 2.70. The Balaban J connectivity index is 1.81. The lowest BCUT2D eigenvalue weighted by Gasteiger charge is -2.00. The molecule has 1 heteroatoms. The monoisotopic (exact) mass is 223 g/mol. The van der Waals surface area contributed by atoms with Crippen LogP contribution in [-0.2, 0) is 0 Å². The minimum atomic E-state index is 1.26. The molecular weight excluding hydrogens is 200 g/mol. The molecule has 1 aromatic heterocycles. The van der Waals surface area contributed by atoms with Crippen LogP contribution in [-0.4, -0.2) is 0 Å². The van der Waals surface area contributed by atoms with Gasteiger partial charge in [0.25, 0.3) is 0 Å². The molecule has 0 N–H and O–H groups in total. The van der Waals surface area contributed by atoms with E-state index < -0.39 is 0 Å². The minimum Gasteiger partial charge on any atom is -0.149 e. The van der Waals surface area contributed by atoms with Crippen molar-refractivity contribution in [2.75, 3.05) is 0 Å². The van der Waals surface area contributed by atoms with Crippen molar-refractivity contribution in [1.82, 2.24) is 0 Å². The zero-order chi connectivity index (χ0) is 10.8. The van der Waals surface area contributed by atoms with Crippen LogP contribution >= 0.6 is 11.3 Å². The number of hydrogen-bond donors (Lipinski definition) is 0. The van der Waals surface area contributed by atoms with E-state index in [0.29, 0.717) is 0 Å². The second kappa shape index (κ2) is 8.96. The van der Waals surface area contributed by atoms with Gasteiger partial charge in [0.05, 0.1) is 0 Å². The highest BCUT2D eigenvalue weighted by molar-refractivity contribution is 7.10. The molecule has 0 aliphatic carbocycles. The molecule has 15 heavy (non-hydrogen) atoms. The third kappa shape index (κ3) is 6.72. The van der Waals surface area contributed by atoms with Crippen molar-refractivity contribution in [2.24, 2.45) is 0 Å². The van der Waals surface area contributed by atoms with Gasteiger partial charge in [-0.2, -0.15) is 0 Å². The molecule has 0 atom stereocenters. The van der Waals surface area contributed by atoms with E-state index in [1.54, 1.807) is 0 Å². The van der Waals surface area contributed by atoms with Gasteiger partial charge >= 0.3 is 0 Å². The highest BCUT2D eigenvalue weighted by atomic mass is 32.1. The van der Waals surface area contributed by atoms with Gasteiger partial charge in [-0.1, -0.05) is 57.9 Å². The third-order valence-corrected chi connectivity index (χ3v) is 3.56. The zero-order valence-electron chi connectivity index (χ0n) is 9.87. The molecule has 0 aliphatic heterocycles. The first kappa shape index (κ1) is 12.8. The largest absolute Gasteiger partial charge is 0.149 e. The summed E-state index contributed by atoms with van der Waals surface area (Å²) in [7, 11) is 0. The maximum absolute atomic E-state index is 2.37. The first-order valence-corrected chi connectivity index (χ1v) is 7.18. The maximum atomic E-state index is 2.37. The lowest BCUT2D eigenvalue weighted by atomic mass is 10.1. The summed E-state index contributed by atoms with van der Waals surface area (Å²) in [5.41, 5.74) is 0. The topological polar surface area (TPSA) is 0 Å². The van der Waals surface area contributed by atoms with Crippen molar-refractivity contribution in [1.29, 1.82) is 0 Å². The molecule has 0 fully saturated rings. The van der Waals surface area contributed by atoms with E-state index in [9.17, 15) is 0 Å². The molecule has 1 radical (unpaired) electrons. The summed E-state index contributed by atoms with van der Waals surface area (Å²) in [5, 5.41) is 2.15. The van der Waals surface area contributed by atoms with Crippen molar-refractivity contribution in [2.45, 2.75) is 58.3 Å². The van der Waals surface area contributed by atoms with Crippen LogP contribution in [0, 0.1) is 6.42 Å². The van der Waals surface area contributed by atoms with Crippen LogP contribution in [0.1, 0.15) is 63.2 Å². The Morgan fingerprint density at radius 1 is 1.07 bits per heavy atom. The van der Waals surface area contributed by atoms with E-state index in [1.807, 2.05) is 11.3 Å². The summed E-state index contributed by atoms with van der Waals surface area (Å²) in [6.07, 6.45) is 13.5. The van der Waals surface area contributed by atoms with Crippen LogP contribution in [0.5, 0.6) is 0 Å². The molecule has 0 unspecified atom stereocenters. The van der Waals surface area contributed by atoms with Gasteiger partial charge in [0.1, 0.15) is 0 Å². The minimum absolute atomic E-state index is 1.26. The second-order valence-electron chi connectivity index (χ2n) is 4.13. The van der Waals surface area contributed by atoms with Crippen molar-refractivity contribution in [3.63, 3.8) is 0 Å². The SMILES string of the molecule is CCCCCCCCC[CH]c1cccs1. The Labute approximate surface area is 98.7 Å². The standard InChI is InChI=1S/C14H23S/c1-2-3-4-5-6-7-8-9-11-14-12-10-13-15-14/h10-13H,2-9H2,1H3. The van der Waals surface area contributed by atoms with E-state index in [-0.39, 0.29) is 0 Å². The molecule has 1 heterocycles. The van der Waals surface area contributed by atoms with Crippen LogP contribution in [0.4, 0.5) is 0 Å². The molecule has 0 bridgehead atoms. The van der Waals surface area contributed by atoms with Crippen LogP contribution in [0.15, 0.2) is 17.5 Å². The summed E-state index contributed by atoms with van der Waals surface area (Å²) in [4.78, 5) is 1.43. The van der Waals surface area contributed by atoms with Crippen LogP contribution < -0.4 is 0 Å². The molecule has 0 saturated carbocycles. The first-order valence-electron chi connectivity index (χ1n) is 6.30. The van der Waals surface area contributed by atoms with Crippen LogP contribution in [0.3, 0.4) is 0 Å². The fourth-order valence-electron chi connectivity index (χ4n) is 1.75. The molecule has 1 rings (SSSR count). The summed E-state index contributed by atoms with van der Waals surface area (Å²) in [6, 6.07) is 4.33. The van der Waals surface area contributed by atoms with E-state index >= 15 is 0 Å². The molecule has 0 saturated heterocycles. The smallest absolute Gasteiger partial charge is 0.00825 e. The van der Waals surface area contributed by atoms with E-state index in [2.05, 4.69) is 30.9 Å². The number of hydrogen-bond acceptors (Lipinski definition) is 1.